The summed E-state index contributed by atoms with van der Waals surface area (Å²) in [5.41, 5.74) is 0. The van der Waals surface area contributed by atoms with Crippen LogP contribution in [-0.4, -0.2) is 69.8 Å². The molecule has 1 amide bonds. The number of piperidine rings is 4. The third-order valence-corrected chi connectivity index (χ3v) is 6.04. The van der Waals surface area contributed by atoms with Gasteiger partial charge in [-0.05, 0) is 44.1 Å². The van der Waals surface area contributed by atoms with E-state index in [1.807, 2.05) is 4.90 Å². The summed E-state index contributed by atoms with van der Waals surface area (Å²) < 4.78 is 0. The summed E-state index contributed by atoms with van der Waals surface area (Å²) in [4.78, 5) is 16.8. The topological polar surface area (TPSA) is 64.0 Å². The van der Waals surface area contributed by atoms with Gasteiger partial charge in [-0.3, -0.25) is 9.69 Å². The minimum Gasteiger partial charge on any atom is -0.390 e. The van der Waals surface area contributed by atoms with Gasteiger partial charge in [0.25, 0.3) is 5.91 Å². The van der Waals surface area contributed by atoms with Crippen LogP contribution in [0.2, 0.25) is 0 Å². The standard InChI is InChI=1S/C15H24N2O3/c18-13-6-12-9-5-10(8-17(12)15(20)14(13)19)11-3-1-2-4-16(11)7-9/h9-14,18-19H,1-8H2. The molecule has 2 N–H and O–H groups in total. The van der Waals surface area contributed by atoms with Crippen LogP contribution in [-0.2, 0) is 4.79 Å². The van der Waals surface area contributed by atoms with Crippen molar-refractivity contribution in [1.82, 2.24) is 9.80 Å². The fourth-order valence-electron chi connectivity index (χ4n) is 5.10. The average molecular weight is 280 g/mol. The zero-order valence-electron chi connectivity index (χ0n) is 11.8. The van der Waals surface area contributed by atoms with E-state index in [1.54, 1.807) is 0 Å². The largest absolute Gasteiger partial charge is 0.390 e. The lowest BCUT2D eigenvalue weighted by molar-refractivity contribution is -0.172. The van der Waals surface area contributed by atoms with E-state index in [1.165, 1.54) is 32.2 Å². The number of amides is 1. The van der Waals surface area contributed by atoms with Gasteiger partial charge in [0.15, 0.2) is 6.10 Å². The summed E-state index contributed by atoms with van der Waals surface area (Å²) in [6, 6.07) is 0.776. The molecule has 20 heavy (non-hydrogen) atoms. The molecule has 0 saturated carbocycles. The van der Waals surface area contributed by atoms with Gasteiger partial charge in [0.2, 0.25) is 0 Å². The highest BCUT2D eigenvalue weighted by atomic mass is 16.3. The van der Waals surface area contributed by atoms with Crippen molar-refractivity contribution >= 4 is 5.91 Å². The summed E-state index contributed by atoms with van der Waals surface area (Å²) in [6.07, 6.45) is 3.52. The molecule has 5 nitrogen and oxygen atoms in total. The van der Waals surface area contributed by atoms with E-state index >= 15 is 0 Å². The van der Waals surface area contributed by atoms with Crippen molar-refractivity contribution in [2.45, 2.75) is 56.4 Å². The second kappa shape index (κ2) is 4.68. The fraction of sp³-hybridized carbons (Fsp3) is 0.933. The summed E-state index contributed by atoms with van der Waals surface area (Å²) in [5, 5.41) is 19.7. The molecule has 0 aromatic rings. The third kappa shape index (κ3) is 1.83. The van der Waals surface area contributed by atoms with Crippen molar-refractivity contribution in [1.29, 1.82) is 0 Å². The highest BCUT2D eigenvalue weighted by Crippen LogP contribution is 2.43. The number of nitrogens with zero attached hydrogens (tertiary/aromatic N) is 2. The number of hydrogen-bond donors (Lipinski definition) is 2. The number of carbonyl (C=O) groups excluding carboxylic acids is 1. The first kappa shape index (κ1) is 13.0. The second-order valence-electron chi connectivity index (χ2n) is 7.12. The molecular weight excluding hydrogens is 256 g/mol. The smallest absolute Gasteiger partial charge is 0.254 e. The van der Waals surface area contributed by atoms with Crippen molar-refractivity contribution < 1.29 is 15.0 Å². The lowest BCUT2D eigenvalue weighted by Gasteiger charge is -2.57. The van der Waals surface area contributed by atoms with Gasteiger partial charge in [-0.2, -0.15) is 0 Å². The predicted octanol–water partition coefficient (Wildman–Crippen LogP) is -0.187. The SMILES string of the molecule is O=C1C(O)C(O)CC2C3CC(CN12)C1CCCCN1C3. The summed E-state index contributed by atoms with van der Waals surface area (Å²) in [7, 11) is 0. The zero-order chi connectivity index (χ0) is 13.9. The molecule has 112 valence electrons. The Kier molecular flexibility index (Phi) is 3.05. The molecule has 4 aliphatic heterocycles. The maximum atomic E-state index is 12.3. The van der Waals surface area contributed by atoms with Crippen LogP contribution in [0, 0.1) is 11.8 Å². The van der Waals surface area contributed by atoms with Gasteiger partial charge in [0.05, 0.1) is 6.10 Å². The van der Waals surface area contributed by atoms with E-state index in [2.05, 4.69) is 4.90 Å². The quantitative estimate of drug-likeness (QED) is 0.646. The van der Waals surface area contributed by atoms with Crippen molar-refractivity contribution in [2.75, 3.05) is 19.6 Å². The molecule has 4 saturated heterocycles. The first-order valence-corrected chi connectivity index (χ1v) is 8.06. The molecule has 2 bridgehead atoms. The molecule has 4 fully saturated rings. The molecular formula is C15H24N2O3. The molecule has 5 heteroatoms. The van der Waals surface area contributed by atoms with E-state index in [0.29, 0.717) is 24.3 Å². The van der Waals surface area contributed by atoms with E-state index in [0.717, 1.165) is 13.1 Å². The molecule has 0 aliphatic carbocycles. The Bertz CT molecular complexity index is 416. The Hall–Kier alpha value is -0.650. The first-order chi connectivity index (χ1) is 9.65. The van der Waals surface area contributed by atoms with Crippen LogP contribution in [0.15, 0.2) is 0 Å². The normalized spacial score (nSPS) is 48.7. The van der Waals surface area contributed by atoms with E-state index in [9.17, 15) is 15.0 Å². The molecule has 0 aromatic carbocycles. The van der Waals surface area contributed by atoms with Gasteiger partial charge in [-0.15, -0.1) is 0 Å². The fourth-order valence-corrected chi connectivity index (χ4v) is 5.10. The van der Waals surface area contributed by atoms with Crippen LogP contribution < -0.4 is 0 Å². The maximum absolute atomic E-state index is 12.3. The summed E-state index contributed by atoms with van der Waals surface area (Å²) in [5.74, 6) is 0.804. The number of fused-ring (bicyclic) bond motifs is 6. The van der Waals surface area contributed by atoms with E-state index in [-0.39, 0.29) is 11.9 Å². The molecule has 4 heterocycles. The van der Waals surface area contributed by atoms with Crippen LogP contribution >= 0.6 is 0 Å². The van der Waals surface area contributed by atoms with Crippen LogP contribution in [0.4, 0.5) is 0 Å². The number of carbonyl (C=O) groups is 1. The minimum atomic E-state index is -1.20. The van der Waals surface area contributed by atoms with Crippen LogP contribution in [0.3, 0.4) is 0 Å². The Morgan fingerprint density at radius 3 is 2.65 bits per heavy atom. The molecule has 6 atom stereocenters. The van der Waals surface area contributed by atoms with Crippen molar-refractivity contribution in [3.63, 3.8) is 0 Å². The molecule has 0 spiro atoms. The molecule has 0 aromatic heterocycles. The summed E-state index contributed by atoms with van der Waals surface area (Å²) in [6.45, 7) is 3.05. The number of aliphatic hydroxyl groups excluding tert-OH is 2. The Morgan fingerprint density at radius 2 is 1.80 bits per heavy atom. The van der Waals surface area contributed by atoms with Crippen molar-refractivity contribution in [3.8, 4) is 0 Å². The highest BCUT2D eigenvalue weighted by Gasteiger charge is 2.51. The Balaban J connectivity index is 1.60. The van der Waals surface area contributed by atoms with Gasteiger partial charge < -0.3 is 15.1 Å². The highest BCUT2D eigenvalue weighted by molar-refractivity contribution is 5.82. The van der Waals surface area contributed by atoms with Gasteiger partial charge in [-0.1, -0.05) is 6.42 Å². The lowest BCUT2D eigenvalue weighted by Crippen LogP contribution is -2.68. The van der Waals surface area contributed by atoms with Crippen LogP contribution in [0.1, 0.15) is 32.1 Å². The first-order valence-electron chi connectivity index (χ1n) is 8.06. The van der Waals surface area contributed by atoms with Crippen LogP contribution in [0.5, 0.6) is 0 Å². The molecule has 4 rings (SSSR count). The van der Waals surface area contributed by atoms with Crippen LogP contribution in [0.25, 0.3) is 0 Å². The predicted molar refractivity (Wildman–Crippen MR) is 72.9 cm³/mol. The number of hydrogen-bond acceptors (Lipinski definition) is 4. The zero-order valence-corrected chi connectivity index (χ0v) is 11.8. The molecule has 6 unspecified atom stereocenters. The van der Waals surface area contributed by atoms with Gasteiger partial charge >= 0.3 is 0 Å². The Labute approximate surface area is 119 Å². The minimum absolute atomic E-state index is 0.139. The monoisotopic (exact) mass is 280 g/mol. The maximum Gasteiger partial charge on any atom is 0.254 e. The lowest BCUT2D eigenvalue weighted by atomic mass is 9.70. The Morgan fingerprint density at radius 1 is 1.00 bits per heavy atom. The molecule has 0 radical (unpaired) electrons. The van der Waals surface area contributed by atoms with Gasteiger partial charge in [0.1, 0.15) is 0 Å². The van der Waals surface area contributed by atoms with E-state index in [4.69, 9.17) is 0 Å². The van der Waals surface area contributed by atoms with Gasteiger partial charge in [-0.25, -0.2) is 0 Å². The number of aliphatic hydroxyl groups is 2. The number of rotatable bonds is 0. The summed E-state index contributed by atoms with van der Waals surface area (Å²) >= 11 is 0. The van der Waals surface area contributed by atoms with Gasteiger partial charge in [0, 0.05) is 25.2 Å². The molecule has 4 aliphatic rings. The average Bonchev–Trinajstić information content (AvgIpc) is 2.47. The van der Waals surface area contributed by atoms with Crippen molar-refractivity contribution in [3.05, 3.63) is 0 Å². The van der Waals surface area contributed by atoms with Crippen molar-refractivity contribution in [2.24, 2.45) is 11.8 Å². The van der Waals surface area contributed by atoms with E-state index < -0.39 is 12.2 Å². The second-order valence-corrected chi connectivity index (χ2v) is 7.12. The third-order valence-electron chi connectivity index (χ3n) is 6.04.